The second kappa shape index (κ2) is 7.40. The van der Waals surface area contributed by atoms with Crippen molar-refractivity contribution in [3.63, 3.8) is 0 Å². The summed E-state index contributed by atoms with van der Waals surface area (Å²) in [6.07, 6.45) is 3.93. The summed E-state index contributed by atoms with van der Waals surface area (Å²) in [6, 6.07) is 12.2. The second-order valence-electron chi connectivity index (χ2n) is 7.75. The molecule has 3 aromatic rings. The molecule has 28 heavy (non-hydrogen) atoms. The van der Waals surface area contributed by atoms with Gasteiger partial charge in [-0.3, -0.25) is 4.79 Å². The van der Waals surface area contributed by atoms with Crippen LogP contribution in [0.2, 0.25) is 0 Å². The smallest absolute Gasteiger partial charge is 0.255 e. The van der Waals surface area contributed by atoms with Crippen LogP contribution in [0.5, 0.6) is 0 Å². The lowest BCUT2D eigenvalue weighted by Gasteiger charge is -2.23. The Balaban J connectivity index is 1.73. The van der Waals surface area contributed by atoms with Crippen LogP contribution in [0.4, 0.5) is 10.1 Å². The molecular weight excluding hydrogens is 353 g/mol. The zero-order valence-corrected chi connectivity index (χ0v) is 16.3. The van der Waals surface area contributed by atoms with E-state index in [0.29, 0.717) is 11.6 Å². The minimum Gasteiger partial charge on any atom is -0.342 e. The van der Waals surface area contributed by atoms with Gasteiger partial charge in [0.05, 0.1) is 0 Å². The Labute approximate surface area is 164 Å². The average molecular weight is 379 g/mol. The average Bonchev–Trinajstić information content (AvgIpc) is 3.01. The van der Waals surface area contributed by atoms with Gasteiger partial charge < -0.3 is 15.6 Å². The van der Waals surface area contributed by atoms with E-state index in [1.54, 1.807) is 0 Å². The van der Waals surface area contributed by atoms with Crippen molar-refractivity contribution in [2.75, 3.05) is 5.32 Å². The van der Waals surface area contributed by atoms with E-state index in [4.69, 9.17) is 5.73 Å². The topological polar surface area (TPSA) is 60.0 Å². The molecule has 2 atom stereocenters. The Morgan fingerprint density at radius 3 is 2.75 bits per heavy atom. The predicted octanol–water partition coefficient (Wildman–Crippen LogP) is 4.82. The van der Waals surface area contributed by atoms with Crippen LogP contribution < -0.4 is 11.1 Å². The minimum atomic E-state index is -0.354. The van der Waals surface area contributed by atoms with E-state index in [1.807, 2.05) is 12.1 Å². The van der Waals surface area contributed by atoms with Crippen molar-refractivity contribution in [1.82, 2.24) is 4.57 Å². The fourth-order valence-electron chi connectivity index (χ4n) is 4.19. The Morgan fingerprint density at radius 1 is 1.29 bits per heavy atom. The molecule has 0 saturated carbocycles. The van der Waals surface area contributed by atoms with Crippen molar-refractivity contribution < 1.29 is 9.18 Å². The maximum Gasteiger partial charge on any atom is 0.255 e. The predicted molar refractivity (Wildman–Crippen MR) is 111 cm³/mol. The number of amides is 1. The van der Waals surface area contributed by atoms with Crippen molar-refractivity contribution in [1.29, 1.82) is 0 Å². The van der Waals surface area contributed by atoms with Crippen LogP contribution in [0.25, 0.3) is 10.9 Å². The maximum absolute atomic E-state index is 13.1. The van der Waals surface area contributed by atoms with Gasteiger partial charge in [0.1, 0.15) is 5.82 Å². The highest BCUT2D eigenvalue weighted by atomic mass is 19.1. The summed E-state index contributed by atoms with van der Waals surface area (Å²) in [7, 11) is 0. The number of hydrogen-bond donors (Lipinski definition) is 2. The van der Waals surface area contributed by atoms with Gasteiger partial charge in [0.2, 0.25) is 0 Å². The number of carbonyl (C=O) groups excluding carboxylic acids is 1. The van der Waals surface area contributed by atoms with Gasteiger partial charge >= 0.3 is 0 Å². The highest BCUT2D eigenvalue weighted by molar-refractivity contribution is 6.05. The normalized spacial score (nSPS) is 17.4. The summed E-state index contributed by atoms with van der Waals surface area (Å²) in [5.41, 5.74) is 11.3. The third kappa shape index (κ3) is 3.31. The molecule has 2 unspecified atom stereocenters. The molecule has 1 aliphatic carbocycles. The zero-order chi connectivity index (χ0) is 19.8. The van der Waals surface area contributed by atoms with Crippen LogP contribution in [0.15, 0.2) is 42.5 Å². The summed E-state index contributed by atoms with van der Waals surface area (Å²) in [5, 5.41) is 4.11. The Hall–Kier alpha value is -2.66. The van der Waals surface area contributed by atoms with Gasteiger partial charge in [0.15, 0.2) is 0 Å². The van der Waals surface area contributed by atoms with Gasteiger partial charge in [0.25, 0.3) is 5.91 Å². The van der Waals surface area contributed by atoms with Gasteiger partial charge in [-0.05, 0) is 80.6 Å². The lowest BCUT2D eigenvalue weighted by molar-refractivity contribution is 0.102. The summed E-state index contributed by atoms with van der Waals surface area (Å²) < 4.78 is 15.5. The minimum absolute atomic E-state index is 0.181. The maximum atomic E-state index is 13.1. The molecule has 4 nitrogen and oxygen atoms in total. The molecule has 146 valence electrons. The number of halogens is 1. The molecule has 0 aliphatic heterocycles. The quantitative estimate of drug-likeness (QED) is 0.683. The first-order valence-electron chi connectivity index (χ1n) is 9.96. The van der Waals surface area contributed by atoms with E-state index >= 15 is 0 Å². The standard InChI is InChI=1S/C23H26FN3O/c1-3-14(2)27-21-10-8-17(25)12-19(21)20-13-18(9-11-22(20)27)26-23(28)15-4-6-16(24)7-5-15/h4-7,9,11,13-14,17H,3,8,10,12,25H2,1-2H3,(H,26,28). The number of nitrogens with one attached hydrogen (secondary N) is 1. The number of anilines is 1. The number of nitrogens with zero attached hydrogens (tertiary/aromatic N) is 1. The molecule has 0 radical (unpaired) electrons. The first-order chi connectivity index (χ1) is 13.5. The van der Waals surface area contributed by atoms with E-state index in [1.165, 1.54) is 46.4 Å². The van der Waals surface area contributed by atoms with E-state index in [-0.39, 0.29) is 17.8 Å². The van der Waals surface area contributed by atoms with Crippen LogP contribution in [-0.2, 0) is 12.8 Å². The van der Waals surface area contributed by atoms with Gasteiger partial charge in [-0.15, -0.1) is 0 Å². The van der Waals surface area contributed by atoms with Gasteiger partial charge in [-0.1, -0.05) is 6.92 Å². The van der Waals surface area contributed by atoms with E-state index in [0.717, 1.165) is 31.4 Å². The molecule has 0 spiro atoms. The molecule has 3 N–H and O–H groups in total. The Bertz CT molecular complexity index is 1020. The molecule has 0 fully saturated rings. The molecule has 1 aromatic heterocycles. The molecule has 2 aromatic carbocycles. The largest absolute Gasteiger partial charge is 0.342 e. The number of rotatable bonds is 4. The van der Waals surface area contributed by atoms with Crippen molar-refractivity contribution in [2.45, 2.75) is 51.6 Å². The van der Waals surface area contributed by atoms with E-state index < -0.39 is 0 Å². The molecule has 5 heteroatoms. The molecule has 1 heterocycles. The van der Waals surface area contributed by atoms with Crippen molar-refractivity contribution in [2.24, 2.45) is 5.73 Å². The Kier molecular flexibility index (Phi) is 4.94. The summed E-state index contributed by atoms with van der Waals surface area (Å²) in [6.45, 7) is 4.45. The van der Waals surface area contributed by atoms with Gasteiger partial charge in [0, 0.05) is 39.9 Å². The second-order valence-corrected chi connectivity index (χ2v) is 7.75. The highest BCUT2D eigenvalue weighted by Crippen LogP contribution is 2.36. The zero-order valence-electron chi connectivity index (χ0n) is 16.3. The monoisotopic (exact) mass is 379 g/mol. The highest BCUT2D eigenvalue weighted by Gasteiger charge is 2.25. The van der Waals surface area contributed by atoms with Crippen molar-refractivity contribution >= 4 is 22.5 Å². The number of benzene rings is 2. The number of fused-ring (bicyclic) bond motifs is 3. The Morgan fingerprint density at radius 2 is 2.04 bits per heavy atom. The van der Waals surface area contributed by atoms with E-state index in [9.17, 15) is 9.18 Å². The number of nitrogens with two attached hydrogens (primary N) is 1. The van der Waals surface area contributed by atoms with E-state index in [2.05, 4.69) is 29.8 Å². The van der Waals surface area contributed by atoms with Gasteiger partial charge in [-0.25, -0.2) is 4.39 Å². The lowest BCUT2D eigenvalue weighted by Crippen LogP contribution is -2.28. The number of aromatic nitrogens is 1. The lowest BCUT2D eigenvalue weighted by atomic mass is 9.92. The summed E-state index contributed by atoms with van der Waals surface area (Å²) in [5.74, 6) is -0.599. The fourth-order valence-corrected chi connectivity index (χ4v) is 4.19. The van der Waals surface area contributed by atoms with Crippen molar-refractivity contribution in [3.8, 4) is 0 Å². The molecule has 4 rings (SSSR count). The summed E-state index contributed by atoms with van der Waals surface area (Å²) in [4.78, 5) is 12.5. The third-order valence-corrected chi connectivity index (χ3v) is 5.83. The van der Waals surface area contributed by atoms with Crippen LogP contribution in [0.1, 0.15) is 54.3 Å². The third-order valence-electron chi connectivity index (χ3n) is 5.83. The summed E-state index contributed by atoms with van der Waals surface area (Å²) >= 11 is 0. The van der Waals surface area contributed by atoms with Gasteiger partial charge in [-0.2, -0.15) is 0 Å². The molecule has 0 bridgehead atoms. The molecule has 1 aliphatic rings. The van der Waals surface area contributed by atoms with Crippen LogP contribution in [0.3, 0.4) is 0 Å². The fraction of sp³-hybridized carbons (Fsp3) is 0.348. The van der Waals surface area contributed by atoms with Crippen LogP contribution in [0, 0.1) is 5.82 Å². The first kappa shape index (κ1) is 18.7. The van der Waals surface area contributed by atoms with Crippen molar-refractivity contribution in [3.05, 3.63) is 65.1 Å². The number of carbonyl (C=O) groups is 1. The van der Waals surface area contributed by atoms with Crippen LogP contribution in [-0.4, -0.2) is 16.5 Å². The first-order valence-corrected chi connectivity index (χ1v) is 9.96. The molecule has 0 saturated heterocycles. The molecular formula is C23H26FN3O. The number of hydrogen-bond acceptors (Lipinski definition) is 2. The SMILES string of the molecule is CCC(C)n1c2c(c3cc(NC(=O)c4ccc(F)cc4)ccc31)CC(N)CC2. The van der Waals surface area contributed by atoms with Crippen LogP contribution >= 0.6 is 0 Å². The molecule has 1 amide bonds.